The van der Waals surface area contributed by atoms with Crippen LogP contribution in [0.4, 0.5) is 23.1 Å². The Morgan fingerprint density at radius 2 is 1.89 bits per heavy atom. The van der Waals surface area contributed by atoms with Crippen LogP contribution in [0, 0.1) is 6.92 Å². The van der Waals surface area contributed by atoms with Crippen molar-refractivity contribution in [1.82, 2.24) is 20.2 Å². The number of benzene rings is 1. The topological polar surface area (TPSA) is 85.9 Å². The molecule has 0 spiro atoms. The lowest BCUT2D eigenvalue weighted by molar-refractivity contribution is -0.120. The van der Waals surface area contributed by atoms with Gasteiger partial charge < -0.3 is 25.2 Å². The number of anilines is 4. The maximum atomic E-state index is 12.7. The Hall–Kier alpha value is -3.07. The lowest BCUT2D eigenvalue weighted by Gasteiger charge is -2.38. The van der Waals surface area contributed by atoms with Crippen molar-refractivity contribution in [3.63, 3.8) is 0 Å². The molecule has 3 fully saturated rings. The van der Waals surface area contributed by atoms with Crippen LogP contribution in [0.25, 0.3) is 0 Å². The summed E-state index contributed by atoms with van der Waals surface area (Å²) in [6.07, 6.45) is 7.26. The van der Waals surface area contributed by atoms with E-state index in [-0.39, 0.29) is 11.9 Å². The van der Waals surface area contributed by atoms with Crippen LogP contribution in [0.2, 0.25) is 0 Å². The lowest BCUT2D eigenvalue weighted by atomic mass is 10.1. The summed E-state index contributed by atoms with van der Waals surface area (Å²) < 4.78 is 5.79. The van der Waals surface area contributed by atoms with E-state index in [0.717, 1.165) is 80.5 Å². The predicted molar refractivity (Wildman–Crippen MR) is 148 cm³/mol. The molecule has 9 nitrogen and oxygen atoms in total. The zero-order valence-electron chi connectivity index (χ0n) is 22.7. The van der Waals surface area contributed by atoms with E-state index < -0.39 is 0 Å². The Labute approximate surface area is 220 Å². The van der Waals surface area contributed by atoms with Crippen molar-refractivity contribution in [3.8, 4) is 5.75 Å². The third-order valence-corrected chi connectivity index (χ3v) is 8.08. The van der Waals surface area contributed by atoms with Gasteiger partial charge in [0, 0.05) is 68.3 Å². The molecule has 0 radical (unpaired) electrons. The monoisotopic (exact) mass is 507 g/mol. The van der Waals surface area contributed by atoms with Crippen molar-refractivity contribution in [2.24, 2.45) is 0 Å². The van der Waals surface area contributed by atoms with E-state index in [1.807, 2.05) is 19.2 Å². The van der Waals surface area contributed by atoms with Gasteiger partial charge in [-0.25, -0.2) is 4.98 Å². The third-order valence-electron chi connectivity index (χ3n) is 8.08. The fourth-order valence-corrected chi connectivity index (χ4v) is 5.98. The molecule has 9 heteroatoms. The summed E-state index contributed by atoms with van der Waals surface area (Å²) in [4.78, 5) is 29.4. The van der Waals surface area contributed by atoms with Crippen LogP contribution in [0.1, 0.15) is 51.5 Å². The summed E-state index contributed by atoms with van der Waals surface area (Å²) in [5.41, 5.74) is 2.98. The summed E-state index contributed by atoms with van der Waals surface area (Å²) in [6.45, 7) is 11.3. The van der Waals surface area contributed by atoms with Gasteiger partial charge >= 0.3 is 0 Å². The first-order valence-corrected chi connectivity index (χ1v) is 13.8. The van der Waals surface area contributed by atoms with Gasteiger partial charge in [-0.2, -0.15) is 4.98 Å². The van der Waals surface area contributed by atoms with Crippen molar-refractivity contribution >= 4 is 29.0 Å². The first-order valence-electron chi connectivity index (χ1n) is 13.8. The largest absolute Gasteiger partial charge is 0.495 e. The SMILES string of the molecule is COc1cc(Nc2ncc(C)c(N(C3CCCC3)C3CCNC3=O)n2)ccc1N1CCN(C(C)C)CC1. The summed E-state index contributed by atoms with van der Waals surface area (Å²) in [7, 11) is 1.72. The molecule has 2 aliphatic heterocycles. The molecule has 1 saturated carbocycles. The molecule has 5 rings (SSSR count). The smallest absolute Gasteiger partial charge is 0.242 e. The van der Waals surface area contributed by atoms with E-state index in [1.54, 1.807) is 7.11 Å². The Kier molecular flexibility index (Phi) is 7.69. The molecule has 200 valence electrons. The number of aromatic nitrogens is 2. The normalized spacial score (nSPS) is 20.9. The van der Waals surface area contributed by atoms with E-state index >= 15 is 0 Å². The minimum absolute atomic E-state index is 0.106. The molecule has 1 unspecified atom stereocenters. The molecule has 1 aliphatic carbocycles. The highest BCUT2D eigenvalue weighted by Crippen LogP contribution is 2.35. The van der Waals surface area contributed by atoms with Gasteiger partial charge in [0.05, 0.1) is 12.8 Å². The van der Waals surface area contributed by atoms with Gasteiger partial charge in [-0.05, 0) is 52.2 Å². The summed E-state index contributed by atoms with van der Waals surface area (Å²) in [6, 6.07) is 6.95. The second-order valence-electron chi connectivity index (χ2n) is 10.8. The molecule has 3 aliphatic rings. The Morgan fingerprint density at radius 3 is 2.54 bits per heavy atom. The molecular formula is C28H41N7O2. The Bertz CT molecular complexity index is 1090. The van der Waals surface area contributed by atoms with E-state index in [1.165, 1.54) is 12.8 Å². The molecule has 1 aromatic carbocycles. The zero-order chi connectivity index (χ0) is 25.9. The average Bonchev–Trinajstić information content (AvgIpc) is 3.59. The molecular weight excluding hydrogens is 466 g/mol. The predicted octanol–water partition coefficient (Wildman–Crippen LogP) is 3.71. The molecule has 2 aromatic rings. The van der Waals surface area contributed by atoms with Crippen LogP contribution in [0.3, 0.4) is 0 Å². The van der Waals surface area contributed by atoms with Gasteiger partial charge in [0.25, 0.3) is 0 Å². The summed E-state index contributed by atoms with van der Waals surface area (Å²) >= 11 is 0. The number of carbonyl (C=O) groups is 1. The fourth-order valence-electron chi connectivity index (χ4n) is 5.98. The summed E-state index contributed by atoms with van der Waals surface area (Å²) in [5, 5.41) is 6.40. The van der Waals surface area contributed by atoms with Crippen molar-refractivity contribution in [2.45, 2.75) is 71.0 Å². The highest BCUT2D eigenvalue weighted by Gasteiger charge is 2.37. The lowest BCUT2D eigenvalue weighted by Crippen LogP contribution is -2.49. The number of carbonyl (C=O) groups excluding carboxylic acids is 1. The number of hydrogen-bond acceptors (Lipinski definition) is 8. The maximum Gasteiger partial charge on any atom is 0.242 e. The fraction of sp³-hybridized carbons (Fsp3) is 0.607. The molecule has 1 amide bonds. The van der Waals surface area contributed by atoms with Gasteiger partial charge in [-0.15, -0.1) is 0 Å². The van der Waals surface area contributed by atoms with Gasteiger partial charge in [0.15, 0.2) is 0 Å². The highest BCUT2D eigenvalue weighted by atomic mass is 16.5. The standard InChI is InChI=1S/C28H41N7O2/c1-19(2)33-13-15-34(16-14-33)23-10-9-21(17-25(23)37-4)31-28-30-18-20(3)26(32-28)35(22-7-5-6-8-22)24-11-12-29-27(24)36/h9-10,17-19,22,24H,5-8,11-16H2,1-4H3,(H,29,36)(H,30,31,32). The van der Waals surface area contributed by atoms with E-state index in [0.29, 0.717) is 18.0 Å². The van der Waals surface area contributed by atoms with Gasteiger partial charge in [0.1, 0.15) is 17.6 Å². The van der Waals surface area contributed by atoms with Crippen LogP contribution in [-0.2, 0) is 4.79 Å². The molecule has 1 aromatic heterocycles. The number of aryl methyl sites for hydroxylation is 1. The molecule has 2 N–H and O–H groups in total. The number of hydrogen-bond donors (Lipinski definition) is 2. The van der Waals surface area contributed by atoms with Crippen molar-refractivity contribution in [1.29, 1.82) is 0 Å². The third kappa shape index (κ3) is 5.46. The number of nitrogens with one attached hydrogen (secondary N) is 2. The summed E-state index contributed by atoms with van der Waals surface area (Å²) in [5.74, 6) is 2.33. The van der Waals surface area contributed by atoms with Gasteiger partial charge in [-0.1, -0.05) is 12.8 Å². The second kappa shape index (κ2) is 11.1. The zero-order valence-corrected chi connectivity index (χ0v) is 22.7. The number of ether oxygens (including phenoxy) is 1. The molecule has 37 heavy (non-hydrogen) atoms. The number of rotatable bonds is 8. The van der Waals surface area contributed by atoms with E-state index in [2.05, 4.69) is 56.3 Å². The Morgan fingerprint density at radius 1 is 1.14 bits per heavy atom. The van der Waals surface area contributed by atoms with Crippen LogP contribution in [0.5, 0.6) is 5.75 Å². The van der Waals surface area contributed by atoms with Crippen LogP contribution in [0.15, 0.2) is 24.4 Å². The van der Waals surface area contributed by atoms with Crippen molar-refractivity contribution in [2.75, 3.05) is 55.0 Å². The van der Waals surface area contributed by atoms with Crippen LogP contribution >= 0.6 is 0 Å². The number of piperazine rings is 1. The second-order valence-corrected chi connectivity index (χ2v) is 10.8. The first kappa shape index (κ1) is 25.6. The molecule has 2 saturated heterocycles. The Balaban J connectivity index is 1.36. The molecule has 0 bridgehead atoms. The van der Waals surface area contributed by atoms with E-state index in [9.17, 15) is 4.79 Å². The van der Waals surface area contributed by atoms with Gasteiger partial charge in [0.2, 0.25) is 11.9 Å². The minimum Gasteiger partial charge on any atom is -0.495 e. The minimum atomic E-state index is -0.167. The van der Waals surface area contributed by atoms with Crippen LogP contribution in [-0.4, -0.2) is 78.7 Å². The first-order chi connectivity index (χ1) is 17.9. The van der Waals surface area contributed by atoms with Gasteiger partial charge in [-0.3, -0.25) is 9.69 Å². The van der Waals surface area contributed by atoms with Crippen molar-refractivity contribution in [3.05, 3.63) is 30.0 Å². The van der Waals surface area contributed by atoms with E-state index in [4.69, 9.17) is 9.72 Å². The quantitative estimate of drug-likeness (QED) is 0.560. The molecule has 3 heterocycles. The highest BCUT2D eigenvalue weighted by molar-refractivity contribution is 5.87. The maximum absolute atomic E-state index is 12.7. The molecule has 1 atom stereocenters. The number of nitrogens with zero attached hydrogens (tertiary/aromatic N) is 5. The number of methoxy groups -OCH3 is 1. The average molecular weight is 508 g/mol. The number of amides is 1. The van der Waals surface area contributed by atoms with Crippen molar-refractivity contribution < 1.29 is 9.53 Å². The van der Waals surface area contributed by atoms with Crippen LogP contribution < -0.4 is 25.2 Å².